The van der Waals surface area contributed by atoms with Gasteiger partial charge in [0, 0.05) is 42.8 Å². The lowest BCUT2D eigenvalue weighted by atomic mass is 9.91. The van der Waals surface area contributed by atoms with E-state index in [1.54, 1.807) is 18.0 Å². The van der Waals surface area contributed by atoms with Gasteiger partial charge in [0.15, 0.2) is 6.29 Å². The number of carboxylic acid groups (broad SMARTS) is 1. The second kappa shape index (κ2) is 15.8. The molecular weight excluding hydrogens is 588 g/mol. The van der Waals surface area contributed by atoms with Crippen LogP contribution < -0.4 is 5.32 Å². The molecule has 4 aromatic rings. The Hall–Kier alpha value is -4.02. The van der Waals surface area contributed by atoms with E-state index in [4.69, 9.17) is 14.6 Å². The Labute approximate surface area is 267 Å². The van der Waals surface area contributed by atoms with E-state index < -0.39 is 12.3 Å². The number of carbonyl (C=O) groups excluding carboxylic acids is 1. The normalized spacial score (nSPS) is 19.6. The lowest BCUT2D eigenvalue weighted by molar-refractivity contribution is -0.268. The van der Waals surface area contributed by atoms with E-state index in [1.807, 2.05) is 91.0 Å². The Kier molecular flexibility index (Phi) is 11.4. The highest BCUT2D eigenvalue weighted by Crippen LogP contribution is 2.43. The minimum atomic E-state index is -0.902. The maximum atomic E-state index is 12.3. The van der Waals surface area contributed by atoms with Gasteiger partial charge in [-0.2, -0.15) is 0 Å². The predicted octanol–water partition coefficient (Wildman–Crippen LogP) is 6.70. The summed E-state index contributed by atoms with van der Waals surface area (Å²) in [5.74, 6) is -0.278. The molecule has 0 unspecified atom stereocenters. The van der Waals surface area contributed by atoms with Gasteiger partial charge in [-0.1, -0.05) is 85.8 Å². The predicted molar refractivity (Wildman–Crippen MR) is 173 cm³/mol. The molecular formula is C36H38N2O6S. The SMILES string of the molecule is C[C@@H]1[C@H](CSc2ccccn2)O[C@H](c2ccc(-c3ccccc3CNC(=O)CCCC(=O)O)cc2)O[C@@H]1c1ccc(CO)cc1. The molecule has 1 aliphatic rings. The fourth-order valence-electron chi connectivity index (χ4n) is 5.37. The van der Waals surface area contributed by atoms with Crippen LogP contribution in [0.3, 0.4) is 0 Å². The van der Waals surface area contributed by atoms with Gasteiger partial charge in [0.1, 0.15) is 0 Å². The van der Waals surface area contributed by atoms with Gasteiger partial charge in [-0.15, -0.1) is 11.8 Å². The number of rotatable bonds is 13. The lowest BCUT2D eigenvalue weighted by Gasteiger charge is -2.41. The molecule has 0 spiro atoms. The first-order valence-electron chi connectivity index (χ1n) is 15.1. The summed E-state index contributed by atoms with van der Waals surface area (Å²) in [5, 5.41) is 22.2. The standard InChI is InChI=1S/C36H38N2O6S/c1-24-31(23-45-33-10-4-5-20-37-33)43-36(44-35(24)27-14-12-25(22-39)13-15-27)28-18-16-26(17-19-28)30-8-3-2-7-29(30)21-38-32(40)9-6-11-34(41)42/h2-5,7-8,10,12-20,24,31,35-36,39H,6,9,11,21-23H2,1H3,(H,38,40)(H,41,42)/t24-,31+,35+,36+/m1/s1. The van der Waals surface area contributed by atoms with Crippen LogP contribution in [0.2, 0.25) is 0 Å². The average molecular weight is 627 g/mol. The van der Waals surface area contributed by atoms with Gasteiger partial charge >= 0.3 is 5.97 Å². The number of thioether (sulfide) groups is 1. The molecule has 1 amide bonds. The first-order valence-corrected chi connectivity index (χ1v) is 16.1. The monoisotopic (exact) mass is 626 g/mol. The van der Waals surface area contributed by atoms with E-state index in [-0.39, 0.29) is 43.5 Å². The number of aliphatic hydroxyl groups is 1. The van der Waals surface area contributed by atoms with Gasteiger partial charge in [-0.05, 0) is 46.4 Å². The van der Waals surface area contributed by atoms with Crippen LogP contribution in [0.1, 0.15) is 60.8 Å². The van der Waals surface area contributed by atoms with E-state index in [0.29, 0.717) is 13.0 Å². The van der Waals surface area contributed by atoms with Gasteiger partial charge in [-0.3, -0.25) is 9.59 Å². The Bertz CT molecular complexity index is 1550. The summed E-state index contributed by atoms with van der Waals surface area (Å²) < 4.78 is 13.2. The number of benzene rings is 3. The summed E-state index contributed by atoms with van der Waals surface area (Å²) in [6.07, 6.45) is 1.38. The number of pyridine rings is 1. The first kappa shape index (κ1) is 32.4. The van der Waals surface area contributed by atoms with Crippen molar-refractivity contribution < 1.29 is 29.3 Å². The number of carbonyl (C=O) groups is 2. The topological polar surface area (TPSA) is 118 Å². The van der Waals surface area contributed by atoms with Crippen molar-refractivity contribution >= 4 is 23.6 Å². The molecule has 3 N–H and O–H groups in total. The zero-order chi connectivity index (χ0) is 31.6. The minimum absolute atomic E-state index is 0.00886. The molecule has 0 saturated carbocycles. The Morgan fingerprint density at radius 3 is 2.33 bits per heavy atom. The molecule has 4 atom stereocenters. The maximum absolute atomic E-state index is 12.3. The third kappa shape index (κ3) is 8.79. The van der Waals surface area contributed by atoms with Crippen LogP contribution in [0.5, 0.6) is 0 Å². The maximum Gasteiger partial charge on any atom is 0.303 e. The van der Waals surface area contributed by atoms with Crippen molar-refractivity contribution in [2.24, 2.45) is 5.92 Å². The van der Waals surface area contributed by atoms with Crippen LogP contribution in [0.25, 0.3) is 11.1 Å². The molecule has 0 bridgehead atoms. The van der Waals surface area contributed by atoms with Crippen molar-refractivity contribution in [1.29, 1.82) is 0 Å². The molecule has 0 radical (unpaired) electrons. The number of hydrogen-bond acceptors (Lipinski definition) is 7. The van der Waals surface area contributed by atoms with E-state index in [2.05, 4.69) is 17.2 Å². The van der Waals surface area contributed by atoms with Crippen LogP contribution in [0.15, 0.2) is 102 Å². The Morgan fingerprint density at radius 1 is 0.889 bits per heavy atom. The summed E-state index contributed by atoms with van der Waals surface area (Å²) in [5.41, 5.74) is 5.76. The molecule has 2 heterocycles. The summed E-state index contributed by atoms with van der Waals surface area (Å²) in [7, 11) is 0. The molecule has 1 saturated heterocycles. The van der Waals surface area contributed by atoms with E-state index in [1.165, 1.54) is 0 Å². The molecule has 1 fully saturated rings. The van der Waals surface area contributed by atoms with Crippen LogP contribution >= 0.6 is 11.8 Å². The smallest absolute Gasteiger partial charge is 0.303 e. The number of ether oxygens (including phenoxy) is 2. The number of nitrogens with zero attached hydrogens (tertiary/aromatic N) is 1. The highest BCUT2D eigenvalue weighted by atomic mass is 32.2. The number of hydrogen-bond donors (Lipinski definition) is 3. The quantitative estimate of drug-likeness (QED) is 0.141. The van der Waals surface area contributed by atoms with Crippen LogP contribution in [0.4, 0.5) is 0 Å². The van der Waals surface area contributed by atoms with Crippen molar-refractivity contribution in [1.82, 2.24) is 10.3 Å². The lowest BCUT2D eigenvalue weighted by Crippen LogP contribution is -2.38. The number of aromatic nitrogens is 1. The van der Waals surface area contributed by atoms with E-state index in [0.717, 1.165) is 44.2 Å². The largest absolute Gasteiger partial charge is 0.481 e. The molecule has 9 heteroatoms. The second-order valence-electron chi connectivity index (χ2n) is 11.1. The third-order valence-electron chi connectivity index (χ3n) is 7.94. The number of nitrogens with one attached hydrogen (secondary N) is 1. The average Bonchev–Trinajstić information content (AvgIpc) is 3.07. The number of aliphatic carboxylic acids is 1. The molecule has 45 heavy (non-hydrogen) atoms. The molecule has 3 aromatic carbocycles. The fraction of sp³-hybridized carbons (Fsp3) is 0.306. The van der Waals surface area contributed by atoms with Crippen LogP contribution in [-0.4, -0.2) is 38.9 Å². The van der Waals surface area contributed by atoms with E-state index >= 15 is 0 Å². The zero-order valence-electron chi connectivity index (χ0n) is 25.2. The summed E-state index contributed by atoms with van der Waals surface area (Å²) >= 11 is 1.66. The van der Waals surface area contributed by atoms with Gasteiger partial charge in [0.25, 0.3) is 0 Å². The van der Waals surface area contributed by atoms with Gasteiger partial charge in [0.05, 0.1) is 23.8 Å². The summed E-state index contributed by atoms with van der Waals surface area (Å²) in [4.78, 5) is 27.5. The fourth-order valence-corrected chi connectivity index (χ4v) is 6.40. The molecule has 8 nitrogen and oxygen atoms in total. The van der Waals surface area contributed by atoms with Crippen molar-refractivity contribution in [3.8, 4) is 11.1 Å². The van der Waals surface area contributed by atoms with Gasteiger partial charge in [-0.25, -0.2) is 4.98 Å². The second-order valence-corrected chi connectivity index (χ2v) is 12.1. The minimum Gasteiger partial charge on any atom is -0.481 e. The molecule has 0 aliphatic carbocycles. The summed E-state index contributed by atoms with van der Waals surface area (Å²) in [6.45, 7) is 2.49. The molecule has 5 rings (SSSR count). The van der Waals surface area contributed by atoms with E-state index in [9.17, 15) is 14.7 Å². The van der Waals surface area contributed by atoms with Crippen LogP contribution in [-0.2, 0) is 32.2 Å². The van der Waals surface area contributed by atoms with Crippen molar-refractivity contribution in [2.75, 3.05) is 5.75 Å². The Morgan fingerprint density at radius 2 is 1.62 bits per heavy atom. The number of amides is 1. The van der Waals surface area contributed by atoms with Crippen molar-refractivity contribution in [3.63, 3.8) is 0 Å². The third-order valence-corrected chi connectivity index (χ3v) is 8.97. The number of aliphatic hydroxyl groups excluding tert-OH is 1. The molecule has 234 valence electrons. The highest BCUT2D eigenvalue weighted by molar-refractivity contribution is 7.99. The first-order chi connectivity index (χ1) is 21.9. The number of carboxylic acids is 1. The Balaban J connectivity index is 1.32. The van der Waals surface area contributed by atoms with Crippen LogP contribution in [0, 0.1) is 5.92 Å². The van der Waals surface area contributed by atoms with Crippen molar-refractivity contribution in [3.05, 3.63) is 119 Å². The molecule has 1 aliphatic heterocycles. The highest BCUT2D eigenvalue weighted by Gasteiger charge is 2.38. The zero-order valence-corrected chi connectivity index (χ0v) is 26.0. The summed E-state index contributed by atoms with van der Waals surface area (Å²) in [6, 6.07) is 29.8. The van der Waals surface area contributed by atoms with Crippen molar-refractivity contribution in [2.45, 2.75) is 62.9 Å². The molecule has 1 aromatic heterocycles. The van der Waals surface area contributed by atoms with Gasteiger partial charge in [0.2, 0.25) is 5.91 Å². The van der Waals surface area contributed by atoms with Gasteiger partial charge < -0.3 is 25.0 Å².